The van der Waals surface area contributed by atoms with Crippen LogP contribution in [0, 0.1) is 6.92 Å². The van der Waals surface area contributed by atoms with Crippen LogP contribution in [0.5, 0.6) is 0 Å². The molecule has 1 saturated heterocycles. The molecule has 1 heteroatoms. The number of hydrogen-bond acceptors (Lipinski definition) is 1. The summed E-state index contributed by atoms with van der Waals surface area (Å²) < 4.78 is 0. The third-order valence-electron chi connectivity index (χ3n) is 3.00. The van der Waals surface area contributed by atoms with Crippen LogP contribution in [-0.4, -0.2) is 6.54 Å². The molecule has 0 radical (unpaired) electrons. The van der Waals surface area contributed by atoms with Gasteiger partial charge in [0.1, 0.15) is 0 Å². The van der Waals surface area contributed by atoms with Gasteiger partial charge in [-0.3, -0.25) is 0 Å². The SMILES string of the molecule is CCc1c(C)cccc1C1CCN1. The predicted octanol–water partition coefficient (Wildman–Crippen LogP) is 2.59. The van der Waals surface area contributed by atoms with Gasteiger partial charge in [0.15, 0.2) is 0 Å². The summed E-state index contributed by atoms with van der Waals surface area (Å²) in [5.41, 5.74) is 4.50. The molecule has 70 valence electrons. The minimum atomic E-state index is 0.634. The van der Waals surface area contributed by atoms with E-state index in [2.05, 4.69) is 37.4 Å². The fourth-order valence-electron chi connectivity index (χ4n) is 2.09. The van der Waals surface area contributed by atoms with Crippen LogP contribution >= 0.6 is 0 Å². The van der Waals surface area contributed by atoms with E-state index in [0.717, 1.165) is 6.42 Å². The van der Waals surface area contributed by atoms with Gasteiger partial charge in [0, 0.05) is 6.04 Å². The molecule has 1 heterocycles. The Morgan fingerprint density at radius 2 is 2.23 bits per heavy atom. The second kappa shape index (κ2) is 3.51. The van der Waals surface area contributed by atoms with Crippen molar-refractivity contribution in [1.29, 1.82) is 0 Å². The van der Waals surface area contributed by atoms with E-state index in [1.165, 1.54) is 24.1 Å². The number of benzene rings is 1. The van der Waals surface area contributed by atoms with E-state index in [4.69, 9.17) is 0 Å². The van der Waals surface area contributed by atoms with Crippen molar-refractivity contribution in [2.24, 2.45) is 0 Å². The Morgan fingerprint density at radius 1 is 1.46 bits per heavy atom. The van der Waals surface area contributed by atoms with Crippen molar-refractivity contribution in [3.05, 3.63) is 34.9 Å². The first-order valence-corrected chi connectivity index (χ1v) is 5.14. The molecule has 0 saturated carbocycles. The minimum Gasteiger partial charge on any atom is -0.310 e. The number of aryl methyl sites for hydroxylation is 1. The lowest BCUT2D eigenvalue weighted by Crippen LogP contribution is -2.35. The highest BCUT2D eigenvalue weighted by atomic mass is 15.0. The van der Waals surface area contributed by atoms with Gasteiger partial charge in [-0.1, -0.05) is 25.1 Å². The Morgan fingerprint density at radius 3 is 2.77 bits per heavy atom. The van der Waals surface area contributed by atoms with Crippen LogP contribution in [0.4, 0.5) is 0 Å². The van der Waals surface area contributed by atoms with E-state index >= 15 is 0 Å². The van der Waals surface area contributed by atoms with E-state index < -0.39 is 0 Å². The molecule has 13 heavy (non-hydrogen) atoms. The Bertz CT molecular complexity index is 300. The molecule has 1 unspecified atom stereocenters. The van der Waals surface area contributed by atoms with Crippen LogP contribution in [0.25, 0.3) is 0 Å². The van der Waals surface area contributed by atoms with Gasteiger partial charge in [-0.15, -0.1) is 0 Å². The largest absolute Gasteiger partial charge is 0.310 e. The molecule has 1 aliphatic heterocycles. The summed E-state index contributed by atoms with van der Waals surface area (Å²) in [7, 11) is 0. The van der Waals surface area contributed by atoms with Crippen LogP contribution in [0.3, 0.4) is 0 Å². The fourth-order valence-corrected chi connectivity index (χ4v) is 2.09. The van der Waals surface area contributed by atoms with Crippen molar-refractivity contribution in [2.75, 3.05) is 6.54 Å². The topological polar surface area (TPSA) is 12.0 Å². The molecule has 2 rings (SSSR count). The molecule has 1 N–H and O–H groups in total. The van der Waals surface area contributed by atoms with Gasteiger partial charge in [0.25, 0.3) is 0 Å². The minimum absolute atomic E-state index is 0.634. The first kappa shape index (κ1) is 8.76. The van der Waals surface area contributed by atoms with E-state index in [9.17, 15) is 0 Å². The first-order chi connectivity index (χ1) is 6.33. The van der Waals surface area contributed by atoms with Crippen LogP contribution < -0.4 is 5.32 Å². The molecule has 1 fully saturated rings. The highest BCUT2D eigenvalue weighted by molar-refractivity contribution is 5.37. The van der Waals surface area contributed by atoms with Crippen LogP contribution in [0.2, 0.25) is 0 Å². The van der Waals surface area contributed by atoms with Crippen molar-refractivity contribution in [3.63, 3.8) is 0 Å². The Labute approximate surface area is 80.2 Å². The third-order valence-corrected chi connectivity index (χ3v) is 3.00. The Balaban J connectivity index is 2.37. The maximum atomic E-state index is 3.46. The van der Waals surface area contributed by atoms with Crippen molar-refractivity contribution in [2.45, 2.75) is 32.7 Å². The highest BCUT2D eigenvalue weighted by Gasteiger charge is 2.20. The van der Waals surface area contributed by atoms with E-state index in [1.807, 2.05) is 0 Å². The first-order valence-electron chi connectivity index (χ1n) is 5.14. The number of rotatable bonds is 2. The molecule has 0 amide bonds. The molecule has 1 aromatic rings. The van der Waals surface area contributed by atoms with Crippen molar-refractivity contribution in [1.82, 2.24) is 5.32 Å². The van der Waals surface area contributed by atoms with Crippen molar-refractivity contribution < 1.29 is 0 Å². The summed E-state index contributed by atoms with van der Waals surface area (Å²) >= 11 is 0. The highest BCUT2D eigenvalue weighted by Crippen LogP contribution is 2.27. The molecule has 1 aliphatic rings. The van der Waals surface area contributed by atoms with Gasteiger partial charge >= 0.3 is 0 Å². The second-order valence-corrected chi connectivity index (χ2v) is 3.79. The van der Waals surface area contributed by atoms with E-state index in [1.54, 1.807) is 5.56 Å². The monoisotopic (exact) mass is 175 g/mol. The summed E-state index contributed by atoms with van der Waals surface area (Å²) in [6.07, 6.45) is 2.46. The molecule has 0 aliphatic carbocycles. The normalized spacial score (nSPS) is 21.2. The summed E-state index contributed by atoms with van der Waals surface area (Å²) in [5, 5.41) is 3.46. The zero-order valence-electron chi connectivity index (χ0n) is 8.43. The lowest BCUT2D eigenvalue weighted by molar-refractivity contribution is 0.381. The number of hydrogen-bond donors (Lipinski definition) is 1. The molecular weight excluding hydrogens is 158 g/mol. The third kappa shape index (κ3) is 1.49. The van der Waals surface area contributed by atoms with Crippen LogP contribution in [0.1, 0.15) is 36.1 Å². The van der Waals surface area contributed by atoms with Gasteiger partial charge in [0.05, 0.1) is 0 Å². The smallest absolute Gasteiger partial charge is 0.0335 e. The predicted molar refractivity (Wildman–Crippen MR) is 55.9 cm³/mol. The van der Waals surface area contributed by atoms with Gasteiger partial charge in [0.2, 0.25) is 0 Å². The summed E-state index contributed by atoms with van der Waals surface area (Å²) in [5.74, 6) is 0. The maximum absolute atomic E-state index is 3.46. The van der Waals surface area contributed by atoms with Crippen molar-refractivity contribution in [3.8, 4) is 0 Å². The Hall–Kier alpha value is -0.820. The van der Waals surface area contributed by atoms with E-state index in [-0.39, 0.29) is 0 Å². The van der Waals surface area contributed by atoms with Gasteiger partial charge in [-0.25, -0.2) is 0 Å². The molecule has 1 nitrogen and oxygen atoms in total. The molecule has 1 aromatic carbocycles. The van der Waals surface area contributed by atoms with Crippen LogP contribution in [0.15, 0.2) is 18.2 Å². The van der Waals surface area contributed by atoms with Gasteiger partial charge in [-0.2, -0.15) is 0 Å². The summed E-state index contributed by atoms with van der Waals surface area (Å²) in [4.78, 5) is 0. The van der Waals surface area contributed by atoms with Crippen LogP contribution in [-0.2, 0) is 6.42 Å². The van der Waals surface area contributed by atoms with E-state index in [0.29, 0.717) is 6.04 Å². The maximum Gasteiger partial charge on any atom is 0.0335 e. The molecule has 0 bridgehead atoms. The quantitative estimate of drug-likeness (QED) is 0.728. The molecule has 0 aromatic heterocycles. The fraction of sp³-hybridized carbons (Fsp3) is 0.500. The Kier molecular flexibility index (Phi) is 2.36. The van der Waals surface area contributed by atoms with Crippen molar-refractivity contribution >= 4 is 0 Å². The van der Waals surface area contributed by atoms with Gasteiger partial charge < -0.3 is 5.32 Å². The summed E-state index contributed by atoms with van der Waals surface area (Å²) in [6.45, 7) is 5.63. The standard InChI is InChI=1S/C12H17N/c1-3-10-9(2)5-4-6-11(10)12-7-8-13-12/h4-6,12-13H,3,7-8H2,1-2H3. The zero-order valence-corrected chi connectivity index (χ0v) is 8.43. The average molecular weight is 175 g/mol. The lowest BCUT2D eigenvalue weighted by Gasteiger charge is -2.30. The second-order valence-electron chi connectivity index (χ2n) is 3.79. The lowest BCUT2D eigenvalue weighted by atomic mass is 9.90. The summed E-state index contributed by atoms with van der Waals surface area (Å²) in [6, 6.07) is 7.28. The zero-order chi connectivity index (χ0) is 9.26. The number of nitrogens with one attached hydrogen (secondary N) is 1. The molecular formula is C12H17N. The molecule has 0 spiro atoms. The molecule has 1 atom stereocenters. The average Bonchev–Trinajstić information content (AvgIpc) is 2.01. The van der Waals surface area contributed by atoms with Gasteiger partial charge in [-0.05, 0) is 43.0 Å².